The van der Waals surface area contributed by atoms with E-state index in [9.17, 15) is 0 Å². The minimum absolute atomic E-state index is 0.00116. The lowest BCUT2D eigenvalue weighted by atomic mass is 10.2. The van der Waals surface area contributed by atoms with E-state index in [0.29, 0.717) is 0 Å². The second kappa shape index (κ2) is 4.43. The summed E-state index contributed by atoms with van der Waals surface area (Å²) in [5.41, 5.74) is 0. The van der Waals surface area contributed by atoms with Crippen molar-refractivity contribution in [3.8, 4) is 0 Å². The zero-order chi connectivity index (χ0) is 8.97. The molecule has 0 bridgehead atoms. The summed E-state index contributed by atoms with van der Waals surface area (Å²) in [4.78, 5) is 0. The van der Waals surface area contributed by atoms with E-state index in [2.05, 4.69) is 0 Å². The molecule has 0 aromatic heterocycles. The van der Waals surface area contributed by atoms with E-state index < -0.39 is 0 Å². The maximum Gasteiger partial charge on any atom is 0.177 e. The van der Waals surface area contributed by atoms with Gasteiger partial charge < -0.3 is 9.47 Å². The molecule has 1 heterocycles. The van der Waals surface area contributed by atoms with Gasteiger partial charge in [0, 0.05) is 0 Å². The largest absolute Gasteiger partial charge is 0.346 e. The number of rotatable bonds is 3. The first kappa shape index (κ1) is 9.49. The van der Waals surface area contributed by atoms with Gasteiger partial charge in [-0.15, -0.1) is 0 Å². The van der Waals surface area contributed by atoms with Crippen LogP contribution in [0.3, 0.4) is 0 Å². The quantitative estimate of drug-likeness (QED) is 0.599. The Hall–Kier alpha value is -0.600. The van der Waals surface area contributed by atoms with Crippen LogP contribution in [-0.4, -0.2) is 18.5 Å². The molecule has 1 aliphatic heterocycles. The topological polar surface area (TPSA) is 18.5 Å². The van der Waals surface area contributed by atoms with Crippen LogP contribution in [0.1, 0.15) is 20.3 Å². The maximum atomic E-state index is 5.46. The summed E-state index contributed by atoms with van der Waals surface area (Å²) < 4.78 is 10.9. The molecule has 0 spiro atoms. The van der Waals surface area contributed by atoms with Gasteiger partial charge in [0.05, 0.1) is 12.2 Å². The van der Waals surface area contributed by atoms with E-state index in [1.165, 1.54) is 0 Å². The monoisotopic (exact) mass is 167 g/mol. The van der Waals surface area contributed by atoms with Gasteiger partial charge in [-0.3, -0.25) is 0 Å². The summed E-state index contributed by atoms with van der Waals surface area (Å²) in [6.45, 7) is 9.32. The van der Waals surface area contributed by atoms with Crippen molar-refractivity contribution in [2.24, 2.45) is 0 Å². The van der Waals surface area contributed by atoms with Crippen molar-refractivity contribution >= 4 is 0 Å². The average Bonchev–Trinajstić information content (AvgIpc) is 2.03. The van der Waals surface area contributed by atoms with Crippen LogP contribution in [0.4, 0.5) is 0 Å². The van der Waals surface area contributed by atoms with Crippen LogP contribution < -0.4 is 0 Å². The molecular formula is C10H15O2. The zero-order valence-corrected chi connectivity index (χ0v) is 7.57. The van der Waals surface area contributed by atoms with Crippen LogP contribution >= 0.6 is 0 Å². The lowest BCUT2D eigenvalue weighted by Crippen LogP contribution is -2.27. The number of hydrogen-bond donors (Lipinski definition) is 0. The Bertz CT molecular complexity index is 173. The second-order valence-corrected chi connectivity index (χ2v) is 3.08. The van der Waals surface area contributed by atoms with Crippen molar-refractivity contribution in [2.45, 2.75) is 38.8 Å². The highest BCUT2D eigenvalue weighted by molar-refractivity contribution is 4.97. The van der Waals surface area contributed by atoms with E-state index >= 15 is 0 Å². The molecular weight excluding hydrogens is 152 g/mol. The molecule has 1 rings (SSSR count). The fraction of sp³-hybridized carbons (Fsp3) is 0.600. The molecule has 2 atom stereocenters. The smallest absolute Gasteiger partial charge is 0.177 e. The molecule has 0 N–H and O–H groups in total. The Labute approximate surface area is 73.9 Å². The molecule has 2 nitrogen and oxygen atoms in total. The Kier molecular flexibility index (Phi) is 3.50. The van der Waals surface area contributed by atoms with Gasteiger partial charge in [-0.2, -0.15) is 0 Å². The third kappa shape index (κ3) is 2.80. The van der Waals surface area contributed by atoms with Crippen LogP contribution in [0.25, 0.3) is 0 Å². The molecule has 0 aromatic rings. The Morgan fingerprint density at radius 2 is 2.42 bits per heavy atom. The molecule has 2 heteroatoms. The van der Waals surface area contributed by atoms with Gasteiger partial charge in [0.15, 0.2) is 6.29 Å². The summed E-state index contributed by atoms with van der Waals surface area (Å²) in [7, 11) is 0. The SMILES string of the molecule is [CH]=C[C@H]1CC=C[C@H](OC(C)C)O1. The predicted molar refractivity (Wildman–Crippen MR) is 47.5 cm³/mol. The van der Waals surface area contributed by atoms with Crippen LogP contribution in [-0.2, 0) is 9.47 Å². The van der Waals surface area contributed by atoms with E-state index in [-0.39, 0.29) is 18.5 Å². The molecule has 0 fully saturated rings. The highest BCUT2D eigenvalue weighted by Gasteiger charge is 2.16. The summed E-state index contributed by atoms with van der Waals surface area (Å²) in [5.74, 6) is 0. The van der Waals surface area contributed by atoms with Crippen molar-refractivity contribution in [3.63, 3.8) is 0 Å². The van der Waals surface area contributed by atoms with Crippen LogP contribution in [0.2, 0.25) is 0 Å². The molecule has 12 heavy (non-hydrogen) atoms. The molecule has 0 aromatic carbocycles. The molecule has 67 valence electrons. The normalized spacial score (nSPS) is 29.2. The van der Waals surface area contributed by atoms with Gasteiger partial charge in [0.1, 0.15) is 0 Å². The lowest BCUT2D eigenvalue weighted by Gasteiger charge is -2.25. The van der Waals surface area contributed by atoms with E-state index in [1.54, 1.807) is 6.08 Å². The van der Waals surface area contributed by atoms with Gasteiger partial charge in [-0.05, 0) is 26.3 Å². The standard InChI is InChI=1S/C10H15O2/c1-4-9-6-5-7-10(12-9)11-8(2)3/h1,4-5,7-10H,6H2,2-3H3/t9-,10+/m0/s1. The van der Waals surface area contributed by atoms with Crippen LogP contribution in [0.15, 0.2) is 18.2 Å². The Morgan fingerprint density at radius 1 is 1.67 bits per heavy atom. The average molecular weight is 167 g/mol. The third-order valence-corrected chi connectivity index (χ3v) is 1.59. The van der Waals surface area contributed by atoms with Crippen molar-refractivity contribution in [1.29, 1.82) is 0 Å². The van der Waals surface area contributed by atoms with Gasteiger partial charge in [-0.1, -0.05) is 18.7 Å². The Morgan fingerprint density at radius 3 is 3.00 bits per heavy atom. The van der Waals surface area contributed by atoms with Crippen molar-refractivity contribution in [3.05, 3.63) is 24.8 Å². The summed E-state index contributed by atoms with van der Waals surface area (Å²) >= 11 is 0. The maximum absolute atomic E-state index is 5.46. The molecule has 1 aliphatic rings. The first-order valence-electron chi connectivity index (χ1n) is 4.25. The minimum atomic E-state index is -0.233. The number of ether oxygens (including phenoxy) is 2. The fourth-order valence-electron chi connectivity index (χ4n) is 1.07. The molecule has 0 aliphatic carbocycles. The fourth-order valence-corrected chi connectivity index (χ4v) is 1.07. The van der Waals surface area contributed by atoms with E-state index in [0.717, 1.165) is 6.42 Å². The van der Waals surface area contributed by atoms with Gasteiger partial charge in [0.2, 0.25) is 0 Å². The second-order valence-electron chi connectivity index (χ2n) is 3.08. The van der Waals surface area contributed by atoms with Gasteiger partial charge >= 0.3 is 0 Å². The minimum Gasteiger partial charge on any atom is -0.346 e. The van der Waals surface area contributed by atoms with Crippen LogP contribution in [0, 0.1) is 6.58 Å². The third-order valence-electron chi connectivity index (χ3n) is 1.59. The molecule has 1 radical (unpaired) electrons. The molecule has 0 saturated carbocycles. The highest BCUT2D eigenvalue weighted by atomic mass is 16.7. The zero-order valence-electron chi connectivity index (χ0n) is 7.57. The first-order valence-corrected chi connectivity index (χ1v) is 4.25. The summed E-state index contributed by atoms with van der Waals surface area (Å²) in [6, 6.07) is 0. The Balaban J connectivity index is 2.40. The molecule has 0 unspecified atom stereocenters. The van der Waals surface area contributed by atoms with Gasteiger partial charge in [0.25, 0.3) is 0 Å². The summed E-state index contributed by atoms with van der Waals surface area (Å²) in [6.07, 6.45) is 6.29. The number of hydrogen-bond acceptors (Lipinski definition) is 2. The van der Waals surface area contributed by atoms with E-state index in [4.69, 9.17) is 16.1 Å². The van der Waals surface area contributed by atoms with Crippen molar-refractivity contribution < 1.29 is 9.47 Å². The first-order chi connectivity index (χ1) is 5.72. The molecule has 0 saturated heterocycles. The summed E-state index contributed by atoms with van der Waals surface area (Å²) in [5, 5.41) is 0. The molecule has 0 amide bonds. The van der Waals surface area contributed by atoms with Crippen LogP contribution in [0.5, 0.6) is 0 Å². The lowest BCUT2D eigenvalue weighted by molar-refractivity contribution is -0.154. The van der Waals surface area contributed by atoms with E-state index in [1.807, 2.05) is 26.0 Å². The highest BCUT2D eigenvalue weighted by Crippen LogP contribution is 2.14. The predicted octanol–water partition coefficient (Wildman–Crippen LogP) is 2.07. The van der Waals surface area contributed by atoms with Crippen molar-refractivity contribution in [2.75, 3.05) is 0 Å². The van der Waals surface area contributed by atoms with Gasteiger partial charge in [-0.25, -0.2) is 0 Å². The van der Waals surface area contributed by atoms with Crippen molar-refractivity contribution in [1.82, 2.24) is 0 Å².